The summed E-state index contributed by atoms with van der Waals surface area (Å²) in [5, 5.41) is 4.36. The van der Waals surface area contributed by atoms with E-state index in [4.69, 9.17) is 9.47 Å². The SMILES string of the molecule is CCOC(=O)C(C)Oc1ccc(C=Nn2c(=O)[nH]c3ccccc3c2=O)cc1. The molecule has 2 aromatic carbocycles. The second kappa shape index (κ2) is 8.34. The molecular weight excluding hydrogens is 362 g/mol. The molecule has 0 spiro atoms. The van der Waals surface area contributed by atoms with Gasteiger partial charge < -0.3 is 14.5 Å². The number of hydrogen-bond acceptors (Lipinski definition) is 6. The van der Waals surface area contributed by atoms with E-state index in [-0.39, 0.29) is 6.61 Å². The van der Waals surface area contributed by atoms with Crippen LogP contribution in [0.3, 0.4) is 0 Å². The lowest BCUT2D eigenvalue weighted by Gasteiger charge is -2.13. The van der Waals surface area contributed by atoms with Crippen LogP contribution in [0.15, 0.2) is 63.2 Å². The van der Waals surface area contributed by atoms with Crippen LogP contribution in [0.5, 0.6) is 5.75 Å². The molecule has 8 heteroatoms. The van der Waals surface area contributed by atoms with Gasteiger partial charge in [0.1, 0.15) is 5.75 Å². The number of para-hydroxylation sites is 1. The number of fused-ring (bicyclic) bond motifs is 1. The predicted octanol–water partition coefficient (Wildman–Crippen LogP) is 1.90. The topological polar surface area (TPSA) is 103 Å². The van der Waals surface area contributed by atoms with Gasteiger partial charge in [0.15, 0.2) is 6.10 Å². The van der Waals surface area contributed by atoms with E-state index in [0.717, 1.165) is 4.68 Å². The molecular formula is C20H19N3O5. The molecule has 0 aliphatic carbocycles. The Kier molecular flexibility index (Phi) is 5.69. The maximum Gasteiger partial charge on any atom is 0.349 e. The average molecular weight is 381 g/mol. The van der Waals surface area contributed by atoms with E-state index in [2.05, 4.69) is 10.1 Å². The van der Waals surface area contributed by atoms with E-state index < -0.39 is 23.3 Å². The Balaban J connectivity index is 1.78. The van der Waals surface area contributed by atoms with Crippen molar-refractivity contribution in [2.75, 3.05) is 6.61 Å². The van der Waals surface area contributed by atoms with Gasteiger partial charge in [0.25, 0.3) is 5.56 Å². The molecule has 0 aliphatic rings. The molecule has 0 saturated heterocycles. The minimum atomic E-state index is -0.728. The Morgan fingerprint density at radius 2 is 1.89 bits per heavy atom. The lowest BCUT2D eigenvalue weighted by atomic mass is 10.2. The van der Waals surface area contributed by atoms with Crippen molar-refractivity contribution >= 4 is 23.1 Å². The Morgan fingerprint density at radius 1 is 1.18 bits per heavy atom. The normalized spacial score (nSPS) is 12.2. The van der Waals surface area contributed by atoms with Gasteiger partial charge in [-0.3, -0.25) is 4.79 Å². The molecule has 1 unspecified atom stereocenters. The van der Waals surface area contributed by atoms with Crippen molar-refractivity contribution in [1.29, 1.82) is 0 Å². The fourth-order valence-electron chi connectivity index (χ4n) is 2.53. The molecule has 1 aromatic heterocycles. The minimum Gasteiger partial charge on any atom is -0.479 e. The van der Waals surface area contributed by atoms with Crippen LogP contribution in [0, 0.1) is 0 Å². The summed E-state index contributed by atoms with van der Waals surface area (Å²) >= 11 is 0. The third-order valence-electron chi connectivity index (χ3n) is 3.92. The summed E-state index contributed by atoms with van der Waals surface area (Å²) in [5.41, 5.74) is -0.0150. The van der Waals surface area contributed by atoms with Crippen molar-refractivity contribution in [3.05, 3.63) is 74.9 Å². The zero-order chi connectivity index (χ0) is 20.1. The molecule has 3 aromatic rings. The second-order valence-corrected chi connectivity index (χ2v) is 5.92. The standard InChI is InChI=1S/C20H19N3O5/c1-3-27-19(25)13(2)28-15-10-8-14(9-11-15)12-21-23-18(24)16-6-4-5-7-17(16)22-20(23)26/h4-13H,3H2,1-2H3,(H,22,26). The zero-order valence-electron chi connectivity index (χ0n) is 15.4. The first-order chi connectivity index (χ1) is 13.5. The van der Waals surface area contributed by atoms with Crippen molar-refractivity contribution in [2.45, 2.75) is 20.0 Å². The number of nitrogens with zero attached hydrogens (tertiary/aromatic N) is 2. The summed E-state index contributed by atoms with van der Waals surface area (Å²) in [4.78, 5) is 38.7. The number of rotatable bonds is 6. The largest absolute Gasteiger partial charge is 0.479 e. The average Bonchev–Trinajstić information content (AvgIpc) is 2.69. The molecule has 0 amide bonds. The number of H-pyrrole nitrogens is 1. The summed E-state index contributed by atoms with van der Waals surface area (Å²) in [6.45, 7) is 3.62. The van der Waals surface area contributed by atoms with E-state index in [1.54, 1.807) is 62.4 Å². The number of ether oxygens (including phenoxy) is 2. The first kappa shape index (κ1) is 19.1. The highest BCUT2D eigenvalue weighted by Gasteiger charge is 2.15. The van der Waals surface area contributed by atoms with E-state index >= 15 is 0 Å². The third-order valence-corrected chi connectivity index (χ3v) is 3.92. The first-order valence-corrected chi connectivity index (χ1v) is 8.71. The maximum absolute atomic E-state index is 12.4. The molecule has 8 nitrogen and oxygen atoms in total. The van der Waals surface area contributed by atoms with Gasteiger partial charge in [0, 0.05) is 0 Å². The van der Waals surface area contributed by atoms with Gasteiger partial charge >= 0.3 is 11.7 Å². The highest BCUT2D eigenvalue weighted by molar-refractivity contribution is 5.80. The summed E-state index contributed by atoms with van der Waals surface area (Å²) in [6.07, 6.45) is 0.665. The van der Waals surface area contributed by atoms with Gasteiger partial charge in [-0.05, 0) is 55.8 Å². The second-order valence-electron chi connectivity index (χ2n) is 5.92. The smallest absolute Gasteiger partial charge is 0.349 e. The highest BCUT2D eigenvalue weighted by Crippen LogP contribution is 2.13. The predicted molar refractivity (Wildman–Crippen MR) is 105 cm³/mol. The monoisotopic (exact) mass is 381 g/mol. The zero-order valence-corrected chi connectivity index (χ0v) is 15.4. The molecule has 0 saturated carbocycles. The maximum atomic E-state index is 12.4. The molecule has 0 fully saturated rings. The number of esters is 1. The van der Waals surface area contributed by atoms with Crippen molar-refractivity contribution in [3.63, 3.8) is 0 Å². The van der Waals surface area contributed by atoms with E-state index in [0.29, 0.717) is 22.2 Å². The van der Waals surface area contributed by atoms with Crippen LogP contribution in [0.25, 0.3) is 10.9 Å². The van der Waals surface area contributed by atoms with Gasteiger partial charge in [-0.1, -0.05) is 12.1 Å². The van der Waals surface area contributed by atoms with Crippen molar-refractivity contribution < 1.29 is 14.3 Å². The molecule has 144 valence electrons. The number of carbonyl (C=O) groups excluding carboxylic acids is 1. The van der Waals surface area contributed by atoms with Crippen LogP contribution in [-0.2, 0) is 9.53 Å². The summed E-state index contributed by atoms with van der Waals surface area (Å²) < 4.78 is 11.2. The number of aromatic amines is 1. The van der Waals surface area contributed by atoms with Crippen LogP contribution in [0.2, 0.25) is 0 Å². The molecule has 1 heterocycles. The van der Waals surface area contributed by atoms with Crippen LogP contribution >= 0.6 is 0 Å². The Hall–Kier alpha value is -3.68. The summed E-state index contributed by atoms with van der Waals surface area (Å²) in [6, 6.07) is 13.4. The Labute approximate surface area is 160 Å². The molecule has 0 radical (unpaired) electrons. The Morgan fingerprint density at radius 3 is 2.61 bits per heavy atom. The Bertz CT molecular complexity index is 1130. The lowest BCUT2D eigenvalue weighted by molar-refractivity contribution is -0.150. The molecule has 0 bridgehead atoms. The van der Waals surface area contributed by atoms with Crippen LogP contribution in [-0.4, -0.2) is 34.6 Å². The van der Waals surface area contributed by atoms with Crippen LogP contribution < -0.4 is 16.0 Å². The van der Waals surface area contributed by atoms with Crippen molar-refractivity contribution in [2.24, 2.45) is 5.10 Å². The van der Waals surface area contributed by atoms with Crippen LogP contribution in [0.4, 0.5) is 0 Å². The molecule has 0 aliphatic heterocycles. The highest BCUT2D eigenvalue weighted by atomic mass is 16.6. The van der Waals surface area contributed by atoms with Gasteiger partial charge in [0.05, 0.1) is 23.7 Å². The summed E-state index contributed by atoms with van der Waals surface area (Å²) in [5.74, 6) is 0.0430. The van der Waals surface area contributed by atoms with Gasteiger partial charge in [-0.25, -0.2) is 9.59 Å². The van der Waals surface area contributed by atoms with Gasteiger partial charge in [-0.2, -0.15) is 5.10 Å². The number of nitrogens with one attached hydrogen (secondary N) is 1. The lowest BCUT2D eigenvalue weighted by Crippen LogP contribution is -2.32. The van der Waals surface area contributed by atoms with Crippen molar-refractivity contribution in [1.82, 2.24) is 9.66 Å². The van der Waals surface area contributed by atoms with Gasteiger partial charge in [0.2, 0.25) is 0 Å². The van der Waals surface area contributed by atoms with Gasteiger partial charge in [-0.15, -0.1) is 4.68 Å². The quantitative estimate of drug-likeness (QED) is 0.519. The fraction of sp³-hybridized carbons (Fsp3) is 0.200. The summed E-state index contributed by atoms with van der Waals surface area (Å²) in [7, 11) is 0. The van der Waals surface area contributed by atoms with E-state index in [1.165, 1.54) is 6.21 Å². The van der Waals surface area contributed by atoms with Crippen LogP contribution in [0.1, 0.15) is 19.4 Å². The minimum absolute atomic E-state index is 0.287. The fourth-order valence-corrected chi connectivity index (χ4v) is 2.53. The van der Waals surface area contributed by atoms with Crippen molar-refractivity contribution in [3.8, 4) is 5.75 Å². The molecule has 1 atom stereocenters. The number of benzene rings is 2. The third kappa shape index (κ3) is 4.17. The van der Waals surface area contributed by atoms with E-state index in [9.17, 15) is 14.4 Å². The molecule has 1 N–H and O–H groups in total. The number of aromatic nitrogens is 2. The molecule has 28 heavy (non-hydrogen) atoms. The number of carbonyl (C=O) groups is 1. The molecule has 3 rings (SSSR count). The number of hydrogen-bond donors (Lipinski definition) is 1. The first-order valence-electron chi connectivity index (χ1n) is 8.71. The van der Waals surface area contributed by atoms with E-state index in [1.807, 2.05) is 0 Å².